The second-order valence-corrected chi connectivity index (χ2v) is 6.79. The highest BCUT2D eigenvalue weighted by Crippen LogP contribution is 2.29. The van der Waals surface area contributed by atoms with E-state index in [1.807, 2.05) is 29.2 Å². The number of amides is 1. The minimum Gasteiger partial charge on any atom is -0.336 e. The van der Waals surface area contributed by atoms with Crippen LogP contribution in [0.3, 0.4) is 0 Å². The second-order valence-electron chi connectivity index (χ2n) is 5.54. The lowest BCUT2D eigenvalue weighted by molar-refractivity contribution is 0.0632. The lowest BCUT2D eigenvalue weighted by Crippen LogP contribution is -2.49. The third kappa shape index (κ3) is 3.48. The summed E-state index contributed by atoms with van der Waals surface area (Å²) in [7, 11) is 0. The number of piperazine rings is 1. The molecule has 0 radical (unpaired) electrons. The third-order valence-corrected chi connectivity index (χ3v) is 4.68. The number of nitrogens with zero attached hydrogens (tertiary/aromatic N) is 2. The van der Waals surface area contributed by atoms with Crippen molar-refractivity contribution in [1.29, 1.82) is 0 Å². The Morgan fingerprint density at radius 3 is 2.32 bits per heavy atom. The van der Waals surface area contributed by atoms with E-state index in [9.17, 15) is 4.79 Å². The molecule has 1 saturated carbocycles. The van der Waals surface area contributed by atoms with Crippen LogP contribution >= 0.6 is 22.6 Å². The minimum atomic E-state index is 0.183. The van der Waals surface area contributed by atoms with Gasteiger partial charge in [0.05, 0.1) is 0 Å². The number of hydrogen-bond acceptors (Lipinski definition) is 2. The molecule has 1 aliphatic heterocycles. The third-order valence-electron chi connectivity index (χ3n) is 3.96. The first-order valence-corrected chi connectivity index (χ1v) is 8.07. The van der Waals surface area contributed by atoms with Gasteiger partial charge in [0.25, 0.3) is 5.91 Å². The Morgan fingerprint density at radius 2 is 1.74 bits per heavy atom. The van der Waals surface area contributed by atoms with E-state index in [2.05, 4.69) is 27.5 Å². The van der Waals surface area contributed by atoms with Crippen LogP contribution in [0, 0.1) is 9.49 Å². The molecule has 102 valence electrons. The molecule has 0 N–H and O–H groups in total. The van der Waals surface area contributed by atoms with Gasteiger partial charge in [-0.15, -0.1) is 0 Å². The Morgan fingerprint density at radius 1 is 1.11 bits per heavy atom. The maximum Gasteiger partial charge on any atom is 0.253 e. The first-order valence-electron chi connectivity index (χ1n) is 6.99. The smallest absolute Gasteiger partial charge is 0.253 e. The van der Waals surface area contributed by atoms with E-state index in [0.717, 1.165) is 37.7 Å². The van der Waals surface area contributed by atoms with E-state index in [-0.39, 0.29) is 5.91 Å². The maximum absolute atomic E-state index is 12.4. The lowest BCUT2D eigenvalue weighted by Gasteiger charge is -2.34. The molecule has 2 fully saturated rings. The number of benzene rings is 1. The lowest BCUT2D eigenvalue weighted by atomic mass is 10.2. The van der Waals surface area contributed by atoms with Crippen molar-refractivity contribution in [3.8, 4) is 0 Å². The van der Waals surface area contributed by atoms with Crippen LogP contribution in [0.1, 0.15) is 23.2 Å². The van der Waals surface area contributed by atoms with E-state index >= 15 is 0 Å². The van der Waals surface area contributed by atoms with Crippen LogP contribution in [0.15, 0.2) is 24.3 Å². The van der Waals surface area contributed by atoms with Crippen molar-refractivity contribution in [2.45, 2.75) is 12.8 Å². The van der Waals surface area contributed by atoms with E-state index in [1.54, 1.807) is 0 Å². The summed E-state index contributed by atoms with van der Waals surface area (Å²) in [6.07, 6.45) is 2.81. The molecular weight excluding hydrogens is 351 g/mol. The summed E-state index contributed by atoms with van der Waals surface area (Å²) in [5.41, 5.74) is 0.816. The zero-order valence-electron chi connectivity index (χ0n) is 11.0. The van der Waals surface area contributed by atoms with E-state index in [4.69, 9.17) is 0 Å². The van der Waals surface area contributed by atoms with E-state index < -0.39 is 0 Å². The average molecular weight is 370 g/mol. The predicted molar refractivity (Wildman–Crippen MR) is 84.2 cm³/mol. The average Bonchev–Trinajstić information content (AvgIpc) is 3.24. The number of rotatable bonds is 3. The topological polar surface area (TPSA) is 23.6 Å². The van der Waals surface area contributed by atoms with Crippen LogP contribution in [0.4, 0.5) is 0 Å². The van der Waals surface area contributed by atoms with Gasteiger partial charge in [-0.3, -0.25) is 9.69 Å². The Labute approximate surface area is 128 Å². The van der Waals surface area contributed by atoms with Crippen LogP contribution in [-0.2, 0) is 0 Å². The van der Waals surface area contributed by atoms with Crippen LogP contribution in [0.5, 0.6) is 0 Å². The van der Waals surface area contributed by atoms with Gasteiger partial charge in [-0.25, -0.2) is 0 Å². The minimum absolute atomic E-state index is 0.183. The van der Waals surface area contributed by atoms with Gasteiger partial charge < -0.3 is 4.90 Å². The fraction of sp³-hybridized carbons (Fsp3) is 0.533. The largest absolute Gasteiger partial charge is 0.336 e. The molecule has 1 aromatic carbocycles. The highest BCUT2D eigenvalue weighted by Gasteiger charge is 2.27. The fourth-order valence-corrected chi connectivity index (χ4v) is 2.93. The summed E-state index contributed by atoms with van der Waals surface area (Å²) >= 11 is 2.26. The van der Waals surface area contributed by atoms with Gasteiger partial charge in [0.15, 0.2) is 0 Å². The highest BCUT2D eigenvalue weighted by atomic mass is 127. The van der Waals surface area contributed by atoms with Gasteiger partial charge in [0.1, 0.15) is 0 Å². The molecule has 2 aliphatic rings. The Bertz CT molecular complexity index is 448. The van der Waals surface area contributed by atoms with Crippen molar-refractivity contribution in [2.24, 2.45) is 5.92 Å². The van der Waals surface area contributed by atoms with E-state index in [1.165, 1.54) is 23.0 Å². The maximum atomic E-state index is 12.4. The van der Waals surface area contributed by atoms with Gasteiger partial charge in [0, 0.05) is 41.9 Å². The van der Waals surface area contributed by atoms with Crippen LogP contribution in [0.2, 0.25) is 0 Å². The molecule has 0 bridgehead atoms. The fourth-order valence-electron chi connectivity index (χ4n) is 2.57. The predicted octanol–water partition coefficient (Wildman–Crippen LogP) is 2.46. The van der Waals surface area contributed by atoms with Crippen LogP contribution in [-0.4, -0.2) is 48.4 Å². The van der Waals surface area contributed by atoms with Gasteiger partial charge in [-0.05, 0) is 65.6 Å². The van der Waals surface area contributed by atoms with Crippen LogP contribution in [0.25, 0.3) is 0 Å². The molecule has 19 heavy (non-hydrogen) atoms. The van der Waals surface area contributed by atoms with E-state index in [0.29, 0.717) is 0 Å². The van der Waals surface area contributed by atoms with Crippen molar-refractivity contribution in [3.63, 3.8) is 0 Å². The molecule has 1 aliphatic carbocycles. The Hall–Kier alpha value is -0.620. The number of hydrogen-bond donors (Lipinski definition) is 0. The highest BCUT2D eigenvalue weighted by molar-refractivity contribution is 14.1. The summed E-state index contributed by atoms with van der Waals surface area (Å²) in [6.45, 7) is 5.06. The van der Waals surface area contributed by atoms with Gasteiger partial charge >= 0.3 is 0 Å². The molecule has 0 spiro atoms. The quantitative estimate of drug-likeness (QED) is 0.764. The molecule has 0 atom stereocenters. The van der Waals surface area contributed by atoms with Gasteiger partial charge in [-0.1, -0.05) is 0 Å². The Kier molecular flexibility index (Phi) is 4.07. The first-order chi connectivity index (χ1) is 9.22. The normalized spacial score (nSPS) is 20.6. The van der Waals surface area contributed by atoms with Gasteiger partial charge in [-0.2, -0.15) is 0 Å². The second kappa shape index (κ2) is 5.79. The molecule has 0 aromatic heterocycles. The molecular formula is C15H19IN2O. The van der Waals surface area contributed by atoms with Crippen molar-refractivity contribution in [3.05, 3.63) is 33.4 Å². The molecule has 4 heteroatoms. The van der Waals surface area contributed by atoms with Crippen molar-refractivity contribution >= 4 is 28.5 Å². The molecule has 3 rings (SSSR count). The molecule has 1 saturated heterocycles. The summed E-state index contributed by atoms with van der Waals surface area (Å²) in [5.74, 6) is 1.13. The van der Waals surface area contributed by atoms with Crippen molar-refractivity contribution in [2.75, 3.05) is 32.7 Å². The van der Waals surface area contributed by atoms with Gasteiger partial charge in [0.2, 0.25) is 0 Å². The molecule has 3 nitrogen and oxygen atoms in total. The number of carbonyl (C=O) groups excluding carboxylic acids is 1. The molecule has 1 aromatic rings. The molecule has 1 amide bonds. The standard InChI is InChI=1S/C15H19IN2O/c16-14-5-3-13(4-6-14)15(19)18-9-7-17(8-10-18)11-12-1-2-12/h3-6,12H,1-2,7-11H2. The zero-order valence-corrected chi connectivity index (χ0v) is 13.2. The summed E-state index contributed by atoms with van der Waals surface area (Å²) < 4.78 is 1.17. The molecule has 1 heterocycles. The van der Waals surface area contributed by atoms with Crippen molar-refractivity contribution < 1.29 is 4.79 Å². The SMILES string of the molecule is O=C(c1ccc(I)cc1)N1CCN(CC2CC2)CC1. The summed E-state index contributed by atoms with van der Waals surface area (Å²) in [5, 5.41) is 0. The number of carbonyl (C=O) groups is 1. The first kappa shape index (κ1) is 13.4. The summed E-state index contributed by atoms with van der Waals surface area (Å²) in [6, 6.07) is 7.86. The Balaban J connectivity index is 1.55. The summed E-state index contributed by atoms with van der Waals surface area (Å²) in [4.78, 5) is 16.9. The van der Waals surface area contributed by atoms with Crippen molar-refractivity contribution in [1.82, 2.24) is 9.80 Å². The number of halogens is 1. The molecule has 0 unspecified atom stereocenters. The zero-order chi connectivity index (χ0) is 13.2. The monoisotopic (exact) mass is 370 g/mol. The van der Waals surface area contributed by atoms with Crippen LogP contribution < -0.4 is 0 Å².